The maximum atomic E-state index is 13.2. The molecule has 5 rings (SSSR count). The van der Waals surface area contributed by atoms with E-state index in [0.717, 1.165) is 68.1 Å². The van der Waals surface area contributed by atoms with Crippen molar-refractivity contribution in [1.29, 1.82) is 0 Å². The molecule has 39 heavy (non-hydrogen) atoms. The van der Waals surface area contributed by atoms with E-state index in [1.807, 2.05) is 54.4 Å². The molecule has 2 aromatic carbocycles. The van der Waals surface area contributed by atoms with Gasteiger partial charge in [-0.25, -0.2) is 4.99 Å². The lowest BCUT2D eigenvalue weighted by Crippen LogP contribution is -2.50. The highest BCUT2D eigenvalue weighted by Gasteiger charge is 2.34. The van der Waals surface area contributed by atoms with Crippen LogP contribution in [0.5, 0.6) is 11.5 Å². The minimum Gasteiger partial charge on any atom is -0.457 e. The van der Waals surface area contributed by atoms with Crippen LogP contribution in [0.15, 0.2) is 53.5 Å². The fraction of sp³-hybridized carbons (Fsp3) is 0.548. The molecule has 0 aromatic heterocycles. The molecule has 1 saturated carbocycles. The van der Waals surface area contributed by atoms with Gasteiger partial charge < -0.3 is 25.0 Å². The quantitative estimate of drug-likeness (QED) is 0.411. The Labute approximate surface area is 241 Å². The molecule has 1 saturated heterocycles. The molecule has 3 aliphatic rings. The van der Waals surface area contributed by atoms with Gasteiger partial charge in [-0.15, -0.1) is 0 Å². The van der Waals surface area contributed by atoms with Crippen molar-refractivity contribution in [3.63, 3.8) is 0 Å². The summed E-state index contributed by atoms with van der Waals surface area (Å²) in [4.78, 5) is 22.2. The molecule has 1 aliphatic carbocycles. The fourth-order valence-corrected chi connectivity index (χ4v) is 6.09. The van der Waals surface area contributed by atoms with Crippen LogP contribution in [0.4, 0.5) is 5.69 Å². The summed E-state index contributed by atoms with van der Waals surface area (Å²) in [6.45, 7) is 2.17. The lowest BCUT2D eigenvalue weighted by atomic mass is 9.86. The van der Waals surface area contributed by atoms with Crippen LogP contribution in [0.3, 0.4) is 0 Å². The fourth-order valence-electron chi connectivity index (χ4n) is 6.09. The van der Waals surface area contributed by atoms with Crippen molar-refractivity contribution in [2.45, 2.75) is 83.8 Å². The minimum absolute atomic E-state index is 0. The Hall–Kier alpha value is -2.71. The number of carbonyl (C=O) groups excluding carboxylic acids is 1. The number of ether oxygens (including phenoxy) is 2. The van der Waals surface area contributed by atoms with Gasteiger partial charge in [0.25, 0.3) is 0 Å². The van der Waals surface area contributed by atoms with Crippen LogP contribution in [-0.2, 0) is 16.1 Å². The molecule has 0 unspecified atom stereocenters. The Morgan fingerprint density at radius 1 is 1.08 bits per heavy atom. The molecular weight excluding hydrogens is 508 g/mol. The smallest absolute Gasteiger partial charge is 0.222 e. The van der Waals surface area contributed by atoms with E-state index >= 15 is 0 Å². The Morgan fingerprint density at radius 3 is 2.51 bits per heavy atom. The second-order valence-corrected chi connectivity index (χ2v) is 10.7. The van der Waals surface area contributed by atoms with Crippen LogP contribution < -0.4 is 10.5 Å². The number of hydrogen-bond donors (Lipinski definition) is 1. The van der Waals surface area contributed by atoms with Gasteiger partial charge in [0, 0.05) is 50.9 Å². The summed E-state index contributed by atoms with van der Waals surface area (Å²) >= 11 is 0. The number of hydrogen-bond acceptors (Lipinski definition) is 6. The molecule has 0 spiro atoms. The van der Waals surface area contributed by atoms with Gasteiger partial charge in [-0.1, -0.05) is 44.9 Å². The zero-order valence-electron chi connectivity index (χ0n) is 22.5. The minimum atomic E-state index is 0. The van der Waals surface area contributed by atoms with Crippen molar-refractivity contribution in [3.05, 3.63) is 54.1 Å². The first-order valence-electron chi connectivity index (χ1n) is 13.9. The number of para-hydroxylation sites is 1. The molecule has 0 bridgehead atoms. The van der Waals surface area contributed by atoms with Crippen molar-refractivity contribution in [2.24, 2.45) is 16.6 Å². The Kier molecular flexibility index (Phi) is 11.5. The highest BCUT2D eigenvalue weighted by molar-refractivity contribution is 7.59. The summed E-state index contributed by atoms with van der Waals surface area (Å²) in [6, 6.07) is 16.3. The number of amides is 1. The van der Waals surface area contributed by atoms with E-state index in [1.165, 1.54) is 19.3 Å². The first-order valence-corrected chi connectivity index (χ1v) is 13.9. The normalized spacial score (nSPS) is 18.6. The van der Waals surface area contributed by atoms with E-state index < -0.39 is 0 Å². The first-order chi connectivity index (χ1) is 18.1. The molecular formula is C31H46N4O3S. The van der Waals surface area contributed by atoms with Gasteiger partial charge in [0.15, 0.2) is 5.96 Å². The van der Waals surface area contributed by atoms with Gasteiger partial charge >= 0.3 is 0 Å². The van der Waals surface area contributed by atoms with Gasteiger partial charge in [0.05, 0.1) is 5.69 Å². The largest absolute Gasteiger partial charge is 0.457 e. The summed E-state index contributed by atoms with van der Waals surface area (Å²) in [5, 5.41) is 0. The number of aliphatic imine (C=N–C) groups is 1. The molecule has 7 nitrogen and oxygen atoms in total. The number of rotatable bonds is 8. The van der Waals surface area contributed by atoms with Crippen LogP contribution >= 0.6 is 13.5 Å². The topological polar surface area (TPSA) is 80.4 Å². The summed E-state index contributed by atoms with van der Waals surface area (Å²) in [5.41, 5.74) is 8.53. The Balaban J connectivity index is 0.00000210. The number of benzene rings is 2. The van der Waals surface area contributed by atoms with Gasteiger partial charge in [-0.05, 0) is 68.4 Å². The summed E-state index contributed by atoms with van der Waals surface area (Å²) in [7, 11) is 1.99. The van der Waals surface area contributed by atoms with Crippen molar-refractivity contribution < 1.29 is 14.3 Å². The number of guanidine groups is 1. The molecule has 1 atom stereocenters. The zero-order chi connectivity index (χ0) is 25.6. The Bertz CT molecular complexity index is 1080. The average molecular weight is 555 g/mol. The third-order valence-electron chi connectivity index (χ3n) is 8.28. The van der Waals surface area contributed by atoms with Crippen molar-refractivity contribution in [1.82, 2.24) is 9.80 Å². The van der Waals surface area contributed by atoms with E-state index in [9.17, 15) is 4.79 Å². The van der Waals surface area contributed by atoms with Gasteiger partial charge in [-0.3, -0.25) is 4.79 Å². The average Bonchev–Trinajstić information content (AvgIpc) is 2.94. The second-order valence-electron chi connectivity index (χ2n) is 10.7. The van der Waals surface area contributed by atoms with Crippen LogP contribution in [-0.4, -0.2) is 54.0 Å². The molecule has 2 heterocycles. The van der Waals surface area contributed by atoms with Crippen LogP contribution in [0.1, 0.15) is 70.8 Å². The lowest BCUT2D eigenvalue weighted by Gasteiger charge is -2.41. The second kappa shape index (κ2) is 14.6. The third-order valence-corrected chi connectivity index (χ3v) is 8.28. The summed E-state index contributed by atoms with van der Waals surface area (Å²) < 4.78 is 11.7. The van der Waals surface area contributed by atoms with E-state index in [2.05, 4.69) is 11.0 Å². The van der Waals surface area contributed by atoms with Gasteiger partial charge in [0.1, 0.15) is 11.5 Å². The number of nitrogens with two attached hydrogens (primary N) is 1. The van der Waals surface area contributed by atoms with E-state index in [-0.39, 0.29) is 32.9 Å². The van der Waals surface area contributed by atoms with Crippen molar-refractivity contribution >= 4 is 31.0 Å². The number of carbonyl (C=O) groups is 1. The summed E-state index contributed by atoms with van der Waals surface area (Å²) in [5.74, 6) is 2.79. The molecule has 2 aromatic rings. The van der Waals surface area contributed by atoms with E-state index in [4.69, 9.17) is 20.2 Å². The molecule has 8 heteroatoms. The number of fused-ring (bicyclic) bond motifs is 1. The van der Waals surface area contributed by atoms with Crippen LogP contribution in [0.25, 0.3) is 0 Å². The highest BCUT2D eigenvalue weighted by atomic mass is 32.1. The highest BCUT2D eigenvalue weighted by Crippen LogP contribution is 2.35. The van der Waals surface area contributed by atoms with Crippen molar-refractivity contribution in [3.8, 4) is 11.5 Å². The lowest BCUT2D eigenvalue weighted by molar-refractivity contribution is -0.133. The SMILES string of the molecule is C.CN(C(=O)CC[C@@H](C1CCOCC1)N1Cc2cc(Oc3ccccc3)ccc2N=C1N)C1CCCCC1.S. The van der Waals surface area contributed by atoms with Crippen LogP contribution in [0.2, 0.25) is 0 Å². The van der Waals surface area contributed by atoms with E-state index in [0.29, 0.717) is 30.9 Å². The molecule has 2 N–H and O–H groups in total. The van der Waals surface area contributed by atoms with Crippen LogP contribution in [0, 0.1) is 5.92 Å². The monoisotopic (exact) mass is 554 g/mol. The predicted molar refractivity (Wildman–Crippen MR) is 163 cm³/mol. The van der Waals surface area contributed by atoms with Gasteiger partial charge in [-0.2, -0.15) is 13.5 Å². The van der Waals surface area contributed by atoms with Crippen molar-refractivity contribution in [2.75, 3.05) is 20.3 Å². The molecule has 0 radical (unpaired) electrons. The first kappa shape index (κ1) is 30.8. The predicted octanol–water partition coefficient (Wildman–Crippen LogP) is 6.36. The molecule has 2 fully saturated rings. The molecule has 2 aliphatic heterocycles. The maximum Gasteiger partial charge on any atom is 0.222 e. The molecule has 1 amide bonds. The Morgan fingerprint density at radius 2 is 1.79 bits per heavy atom. The van der Waals surface area contributed by atoms with E-state index in [1.54, 1.807) is 0 Å². The standard InChI is InChI=1S/C30H40N4O3.CH4.H2S/c1-33(24-8-4-2-5-9-24)29(35)15-14-28(22-16-18-36-19-17-22)34-21-23-20-26(12-13-27(23)32-30(34)31)37-25-10-6-3-7-11-25;;/h3,6-7,10-13,20,22,24,28H,2,4-5,8-9,14-19,21H2,1H3,(H2,31,32);1H4;1H2/t28-;;/m0../s1. The molecule has 214 valence electrons. The third kappa shape index (κ3) is 7.70. The summed E-state index contributed by atoms with van der Waals surface area (Å²) in [6.07, 6.45) is 9.25. The zero-order valence-corrected chi connectivity index (χ0v) is 23.5. The van der Waals surface area contributed by atoms with Gasteiger partial charge in [0.2, 0.25) is 5.91 Å². The number of nitrogens with zero attached hydrogens (tertiary/aromatic N) is 3. The maximum absolute atomic E-state index is 13.2.